The summed E-state index contributed by atoms with van der Waals surface area (Å²) in [5, 5.41) is 3.76. The Labute approximate surface area is 112 Å². The smallest absolute Gasteiger partial charge is 0.123 e. The van der Waals surface area contributed by atoms with Crippen LogP contribution in [0.1, 0.15) is 22.7 Å². The molecule has 0 aliphatic rings. The molecule has 0 saturated carbocycles. The Bertz CT molecular complexity index is 554. The van der Waals surface area contributed by atoms with Crippen LogP contribution in [0.4, 0.5) is 4.39 Å². The van der Waals surface area contributed by atoms with Crippen molar-refractivity contribution >= 4 is 11.6 Å². The molecule has 3 heteroatoms. The fraction of sp³-hybridized carbons (Fsp3) is 0.200. The maximum Gasteiger partial charge on any atom is 0.123 e. The van der Waals surface area contributed by atoms with Gasteiger partial charge in [-0.1, -0.05) is 35.9 Å². The van der Waals surface area contributed by atoms with Gasteiger partial charge in [0.15, 0.2) is 0 Å². The number of hydrogen-bond donors (Lipinski definition) is 1. The van der Waals surface area contributed by atoms with Crippen molar-refractivity contribution in [1.82, 2.24) is 5.32 Å². The standard InChI is InChI=1S/C15H15ClFN/c1-10-5-3-4-6-12(10)15(18-2)13-9-11(17)7-8-14(13)16/h3-9,15,18H,1-2H3. The lowest BCUT2D eigenvalue weighted by atomic mass is 9.95. The summed E-state index contributed by atoms with van der Waals surface area (Å²) in [4.78, 5) is 0. The largest absolute Gasteiger partial charge is 0.309 e. The van der Waals surface area contributed by atoms with Crippen LogP contribution in [-0.2, 0) is 0 Å². The summed E-state index contributed by atoms with van der Waals surface area (Å²) in [7, 11) is 1.85. The summed E-state index contributed by atoms with van der Waals surface area (Å²) in [5.41, 5.74) is 3.01. The van der Waals surface area contributed by atoms with E-state index in [0.29, 0.717) is 5.02 Å². The third-order valence-electron chi connectivity index (χ3n) is 3.06. The highest BCUT2D eigenvalue weighted by atomic mass is 35.5. The van der Waals surface area contributed by atoms with Gasteiger partial charge in [-0.15, -0.1) is 0 Å². The Morgan fingerprint density at radius 1 is 1.11 bits per heavy atom. The molecule has 0 amide bonds. The minimum absolute atomic E-state index is 0.102. The van der Waals surface area contributed by atoms with E-state index < -0.39 is 0 Å². The van der Waals surface area contributed by atoms with Gasteiger partial charge >= 0.3 is 0 Å². The zero-order valence-electron chi connectivity index (χ0n) is 10.4. The minimum Gasteiger partial charge on any atom is -0.309 e. The van der Waals surface area contributed by atoms with Crippen LogP contribution in [0.2, 0.25) is 5.02 Å². The van der Waals surface area contributed by atoms with Crippen LogP contribution >= 0.6 is 11.6 Å². The van der Waals surface area contributed by atoms with Gasteiger partial charge in [0, 0.05) is 5.02 Å². The van der Waals surface area contributed by atoms with Gasteiger partial charge in [0.25, 0.3) is 0 Å². The summed E-state index contributed by atoms with van der Waals surface area (Å²) >= 11 is 6.17. The molecule has 0 bridgehead atoms. The number of rotatable bonds is 3. The normalized spacial score (nSPS) is 12.4. The van der Waals surface area contributed by atoms with Crippen molar-refractivity contribution in [2.45, 2.75) is 13.0 Å². The topological polar surface area (TPSA) is 12.0 Å². The summed E-state index contributed by atoms with van der Waals surface area (Å²) in [6, 6.07) is 12.4. The first-order valence-electron chi connectivity index (χ1n) is 5.81. The zero-order chi connectivity index (χ0) is 13.1. The molecular formula is C15H15ClFN. The second kappa shape index (κ2) is 5.51. The number of halogens is 2. The van der Waals surface area contributed by atoms with Crippen LogP contribution in [-0.4, -0.2) is 7.05 Å². The Morgan fingerprint density at radius 2 is 1.83 bits per heavy atom. The summed E-state index contributed by atoms with van der Waals surface area (Å²) in [6.07, 6.45) is 0. The Balaban J connectivity index is 2.52. The lowest BCUT2D eigenvalue weighted by Gasteiger charge is -2.20. The van der Waals surface area contributed by atoms with E-state index in [9.17, 15) is 4.39 Å². The van der Waals surface area contributed by atoms with Crippen molar-refractivity contribution in [3.63, 3.8) is 0 Å². The maximum absolute atomic E-state index is 13.4. The van der Waals surface area contributed by atoms with Gasteiger partial charge < -0.3 is 5.32 Å². The Hall–Kier alpha value is -1.38. The Kier molecular flexibility index (Phi) is 4.00. The molecule has 0 aliphatic heterocycles. The van der Waals surface area contributed by atoms with Gasteiger partial charge in [0.1, 0.15) is 5.82 Å². The molecule has 1 unspecified atom stereocenters. The highest BCUT2D eigenvalue weighted by molar-refractivity contribution is 6.31. The van der Waals surface area contributed by atoms with E-state index in [1.54, 1.807) is 6.07 Å². The van der Waals surface area contributed by atoms with Gasteiger partial charge in [0.05, 0.1) is 6.04 Å². The molecular weight excluding hydrogens is 249 g/mol. The van der Waals surface area contributed by atoms with Crippen LogP contribution in [0.5, 0.6) is 0 Å². The highest BCUT2D eigenvalue weighted by Crippen LogP contribution is 2.30. The van der Waals surface area contributed by atoms with E-state index >= 15 is 0 Å². The molecule has 1 nitrogen and oxygen atoms in total. The van der Waals surface area contributed by atoms with E-state index in [-0.39, 0.29) is 11.9 Å². The first-order valence-corrected chi connectivity index (χ1v) is 6.19. The average molecular weight is 264 g/mol. The van der Waals surface area contributed by atoms with Crippen LogP contribution < -0.4 is 5.32 Å². The van der Waals surface area contributed by atoms with Crippen LogP contribution in [0, 0.1) is 12.7 Å². The van der Waals surface area contributed by atoms with Crippen molar-refractivity contribution in [1.29, 1.82) is 0 Å². The molecule has 2 aromatic carbocycles. The summed E-state index contributed by atoms with van der Waals surface area (Å²) in [6.45, 7) is 2.03. The molecule has 1 N–H and O–H groups in total. The van der Waals surface area contributed by atoms with Crippen molar-refractivity contribution < 1.29 is 4.39 Å². The van der Waals surface area contributed by atoms with Crippen molar-refractivity contribution in [2.75, 3.05) is 7.05 Å². The molecule has 0 spiro atoms. The van der Waals surface area contributed by atoms with Crippen molar-refractivity contribution in [2.24, 2.45) is 0 Å². The van der Waals surface area contributed by atoms with E-state index in [4.69, 9.17) is 11.6 Å². The van der Waals surface area contributed by atoms with E-state index in [1.165, 1.54) is 12.1 Å². The molecule has 0 saturated heterocycles. The van der Waals surface area contributed by atoms with Crippen molar-refractivity contribution in [3.8, 4) is 0 Å². The third-order valence-corrected chi connectivity index (χ3v) is 3.40. The molecule has 18 heavy (non-hydrogen) atoms. The lowest BCUT2D eigenvalue weighted by Crippen LogP contribution is -2.19. The number of nitrogens with one attached hydrogen (secondary N) is 1. The Morgan fingerprint density at radius 3 is 2.50 bits per heavy atom. The molecule has 0 radical (unpaired) electrons. The van der Waals surface area contributed by atoms with E-state index in [2.05, 4.69) is 5.32 Å². The number of benzene rings is 2. The lowest BCUT2D eigenvalue weighted by molar-refractivity contribution is 0.616. The third kappa shape index (κ3) is 2.55. The molecule has 94 valence electrons. The number of hydrogen-bond acceptors (Lipinski definition) is 1. The van der Waals surface area contributed by atoms with E-state index in [0.717, 1.165) is 16.7 Å². The van der Waals surface area contributed by atoms with Gasteiger partial charge in [-0.2, -0.15) is 0 Å². The predicted molar refractivity (Wildman–Crippen MR) is 73.5 cm³/mol. The monoisotopic (exact) mass is 263 g/mol. The van der Waals surface area contributed by atoms with E-state index in [1.807, 2.05) is 38.2 Å². The zero-order valence-corrected chi connectivity index (χ0v) is 11.1. The molecule has 2 rings (SSSR count). The predicted octanol–water partition coefficient (Wildman–Crippen LogP) is 4.10. The highest BCUT2D eigenvalue weighted by Gasteiger charge is 2.17. The quantitative estimate of drug-likeness (QED) is 0.879. The average Bonchev–Trinajstić information content (AvgIpc) is 2.36. The first-order chi connectivity index (χ1) is 8.63. The molecule has 2 aromatic rings. The summed E-state index contributed by atoms with van der Waals surface area (Å²) in [5.74, 6) is -0.275. The van der Waals surface area contributed by atoms with Gasteiger partial charge in [0.2, 0.25) is 0 Å². The first kappa shape index (κ1) is 13.1. The maximum atomic E-state index is 13.4. The molecule has 0 aromatic heterocycles. The molecule has 0 heterocycles. The van der Waals surface area contributed by atoms with Gasteiger partial charge in [-0.25, -0.2) is 4.39 Å². The van der Waals surface area contributed by atoms with Crippen molar-refractivity contribution in [3.05, 3.63) is 70.0 Å². The summed E-state index contributed by atoms with van der Waals surface area (Å²) < 4.78 is 13.4. The second-order valence-electron chi connectivity index (χ2n) is 4.24. The van der Waals surface area contributed by atoms with Crippen LogP contribution in [0.25, 0.3) is 0 Å². The van der Waals surface area contributed by atoms with Crippen LogP contribution in [0.3, 0.4) is 0 Å². The number of aryl methyl sites for hydroxylation is 1. The second-order valence-corrected chi connectivity index (χ2v) is 4.65. The fourth-order valence-electron chi connectivity index (χ4n) is 2.13. The van der Waals surface area contributed by atoms with Gasteiger partial charge in [-0.05, 0) is 48.9 Å². The SMILES string of the molecule is CNC(c1ccccc1C)c1cc(F)ccc1Cl. The fourth-order valence-corrected chi connectivity index (χ4v) is 2.35. The van der Waals surface area contributed by atoms with Gasteiger partial charge in [-0.3, -0.25) is 0 Å². The van der Waals surface area contributed by atoms with Crippen LogP contribution in [0.15, 0.2) is 42.5 Å². The molecule has 0 aliphatic carbocycles. The molecule has 1 atom stereocenters. The molecule has 0 fully saturated rings. The minimum atomic E-state index is -0.275.